The van der Waals surface area contributed by atoms with Gasteiger partial charge in [0, 0.05) is 11.6 Å². The summed E-state index contributed by atoms with van der Waals surface area (Å²) in [5, 5.41) is 11.9. The van der Waals surface area contributed by atoms with Crippen LogP contribution in [0.15, 0.2) is 12.1 Å². The van der Waals surface area contributed by atoms with E-state index >= 15 is 0 Å². The van der Waals surface area contributed by atoms with E-state index in [2.05, 4.69) is 36.1 Å². The fourth-order valence-corrected chi connectivity index (χ4v) is 3.63. The Morgan fingerprint density at radius 3 is 2.63 bits per heavy atom. The predicted octanol–water partition coefficient (Wildman–Crippen LogP) is 4.01. The molecule has 0 bridgehead atoms. The topological polar surface area (TPSA) is 108 Å². The molecule has 7 nitrogen and oxygen atoms in total. The van der Waals surface area contributed by atoms with E-state index in [4.69, 9.17) is 10.5 Å². The lowest BCUT2D eigenvalue weighted by Gasteiger charge is -2.06. The summed E-state index contributed by atoms with van der Waals surface area (Å²) < 4.78 is 5.02. The molecule has 27 heavy (non-hydrogen) atoms. The molecule has 0 saturated heterocycles. The number of hydrogen-bond donors (Lipinski definition) is 1. The number of carbonyl (C=O) groups is 1. The summed E-state index contributed by atoms with van der Waals surface area (Å²) in [5.41, 5.74) is 10.4. The number of thiazole rings is 1. The Balaban J connectivity index is 2.62. The van der Waals surface area contributed by atoms with E-state index in [0.717, 1.165) is 11.3 Å². The minimum atomic E-state index is -1.69. The van der Waals surface area contributed by atoms with Gasteiger partial charge in [0.1, 0.15) is 23.6 Å². The number of aromatic nitrogens is 1. The summed E-state index contributed by atoms with van der Waals surface area (Å²) in [7, 11) is -1.69. The van der Waals surface area contributed by atoms with Crippen LogP contribution in [0.4, 0.5) is 11.4 Å². The molecule has 1 heterocycles. The number of aryl methyl sites for hydroxylation is 1. The second-order valence-corrected chi connectivity index (χ2v) is 12.6. The Hall–Kier alpha value is -2.70. The third kappa shape index (κ3) is 4.93. The standard InChI is InChI=1S/C18H21N3O4SSi/c1-6-25-18(22)16-11(2)20-17(26-16)13-9-12(7-8-27(3,4)5)15(19)14(10-13)21(23)24/h9-10H,6,19H2,1-5H3. The summed E-state index contributed by atoms with van der Waals surface area (Å²) in [4.78, 5) is 27.7. The molecule has 0 radical (unpaired) electrons. The largest absolute Gasteiger partial charge is 0.462 e. The Labute approximate surface area is 162 Å². The van der Waals surface area contributed by atoms with Crippen molar-refractivity contribution in [2.24, 2.45) is 0 Å². The van der Waals surface area contributed by atoms with Gasteiger partial charge in [-0.15, -0.1) is 16.9 Å². The predicted molar refractivity (Wildman–Crippen MR) is 110 cm³/mol. The van der Waals surface area contributed by atoms with E-state index in [1.807, 2.05) is 0 Å². The van der Waals surface area contributed by atoms with Crippen molar-refractivity contribution in [2.45, 2.75) is 33.5 Å². The highest BCUT2D eigenvalue weighted by atomic mass is 32.1. The zero-order valence-electron chi connectivity index (χ0n) is 15.9. The van der Waals surface area contributed by atoms with Gasteiger partial charge in [-0.1, -0.05) is 25.6 Å². The number of nitrogens with zero attached hydrogens (tertiary/aromatic N) is 2. The van der Waals surface area contributed by atoms with Crippen molar-refractivity contribution < 1.29 is 14.5 Å². The molecule has 0 atom stereocenters. The summed E-state index contributed by atoms with van der Waals surface area (Å²) in [6, 6.07) is 3.05. The number of nitro groups is 1. The normalized spacial score (nSPS) is 10.9. The lowest BCUT2D eigenvalue weighted by molar-refractivity contribution is -0.383. The van der Waals surface area contributed by atoms with Gasteiger partial charge < -0.3 is 10.5 Å². The molecule has 1 aromatic heterocycles. The van der Waals surface area contributed by atoms with Crippen LogP contribution in [0.5, 0.6) is 0 Å². The molecule has 0 aliphatic carbocycles. The van der Waals surface area contributed by atoms with E-state index in [9.17, 15) is 14.9 Å². The van der Waals surface area contributed by atoms with Crippen LogP contribution in [0, 0.1) is 28.5 Å². The molecule has 9 heteroatoms. The van der Waals surface area contributed by atoms with Crippen molar-refractivity contribution in [1.29, 1.82) is 0 Å². The van der Waals surface area contributed by atoms with Crippen molar-refractivity contribution in [2.75, 3.05) is 12.3 Å². The Morgan fingerprint density at radius 1 is 1.41 bits per heavy atom. The number of nitrogens with two attached hydrogens (primary N) is 1. The summed E-state index contributed by atoms with van der Waals surface area (Å²) >= 11 is 1.13. The van der Waals surface area contributed by atoms with Gasteiger partial charge in [-0.2, -0.15) is 0 Å². The van der Waals surface area contributed by atoms with Gasteiger partial charge in [0.05, 0.1) is 22.8 Å². The fourth-order valence-electron chi connectivity index (χ4n) is 2.18. The number of anilines is 1. The SMILES string of the molecule is CCOC(=O)c1sc(-c2cc(C#C[Si](C)(C)C)c(N)c([N+](=O)[O-])c2)nc1C. The molecular formula is C18H21N3O4SSi. The quantitative estimate of drug-likeness (QED) is 0.206. The maximum Gasteiger partial charge on any atom is 0.350 e. The number of carbonyl (C=O) groups excluding carboxylic acids is 1. The molecular weight excluding hydrogens is 382 g/mol. The van der Waals surface area contributed by atoms with Gasteiger partial charge in [0.15, 0.2) is 0 Å². The van der Waals surface area contributed by atoms with Gasteiger partial charge in [-0.3, -0.25) is 10.1 Å². The molecule has 0 aliphatic rings. The number of benzene rings is 1. The highest BCUT2D eigenvalue weighted by Crippen LogP contribution is 2.35. The molecule has 0 spiro atoms. The molecule has 142 valence electrons. The summed E-state index contributed by atoms with van der Waals surface area (Å²) in [6.07, 6.45) is 0. The molecule has 0 fully saturated rings. The first-order valence-corrected chi connectivity index (χ1v) is 12.6. The summed E-state index contributed by atoms with van der Waals surface area (Å²) in [5.74, 6) is 2.53. The number of hydrogen-bond acceptors (Lipinski definition) is 7. The molecule has 2 N–H and O–H groups in total. The highest BCUT2D eigenvalue weighted by Gasteiger charge is 2.22. The fraction of sp³-hybridized carbons (Fsp3) is 0.333. The van der Waals surface area contributed by atoms with E-state index in [1.165, 1.54) is 6.07 Å². The van der Waals surface area contributed by atoms with Crippen LogP contribution >= 0.6 is 11.3 Å². The van der Waals surface area contributed by atoms with E-state index in [-0.39, 0.29) is 18.0 Å². The molecule has 0 saturated carbocycles. The van der Waals surface area contributed by atoms with Crippen molar-refractivity contribution in [3.63, 3.8) is 0 Å². The Kier molecular flexibility index (Phi) is 6.03. The Morgan fingerprint density at radius 2 is 2.07 bits per heavy atom. The third-order valence-corrected chi connectivity index (χ3v) is 5.49. The monoisotopic (exact) mass is 403 g/mol. The van der Waals surface area contributed by atoms with Crippen molar-refractivity contribution in [3.8, 4) is 22.0 Å². The maximum atomic E-state index is 12.0. The van der Waals surface area contributed by atoms with Crippen molar-refractivity contribution >= 4 is 36.8 Å². The van der Waals surface area contributed by atoms with Crippen LogP contribution in [-0.2, 0) is 4.74 Å². The number of nitro benzene ring substituents is 1. The van der Waals surface area contributed by atoms with Gasteiger partial charge in [-0.05, 0) is 19.9 Å². The van der Waals surface area contributed by atoms with Crippen LogP contribution in [0.1, 0.15) is 27.9 Å². The zero-order chi connectivity index (χ0) is 20.4. The average molecular weight is 404 g/mol. The molecule has 2 aromatic rings. The van der Waals surface area contributed by atoms with E-state index in [0.29, 0.717) is 26.7 Å². The minimum Gasteiger partial charge on any atom is -0.462 e. The summed E-state index contributed by atoms with van der Waals surface area (Å²) in [6.45, 7) is 9.90. The maximum absolute atomic E-state index is 12.0. The second kappa shape index (κ2) is 7.90. The minimum absolute atomic E-state index is 0.0356. The van der Waals surface area contributed by atoms with Gasteiger partial charge in [0.2, 0.25) is 0 Å². The Bertz CT molecular complexity index is 967. The second-order valence-electron chi connectivity index (χ2n) is 6.87. The van der Waals surface area contributed by atoms with Gasteiger partial charge in [0.25, 0.3) is 5.69 Å². The van der Waals surface area contributed by atoms with Gasteiger partial charge in [-0.25, -0.2) is 9.78 Å². The molecule has 0 aliphatic heterocycles. The lowest BCUT2D eigenvalue weighted by atomic mass is 10.1. The smallest absolute Gasteiger partial charge is 0.350 e. The first kappa shape index (κ1) is 20.6. The zero-order valence-corrected chi connectivity index (χ0v) is 17.7. The van der Waals surface area contributed by atoms with Crippen LogP contribution in [0.3, 0.4) is 0 Å². The first-order chi connectivity index (χ1) is 12.5. The number of rotatable bonds is 4. The third-order valence-electron chi connectivity index (χ3n) is 3.43. The van der Waals surface area contributed by atoms with Crippen LogP contribution in [0.25, 0.3) is 10.6 Å². The van der Waals surface area contributed by atoms with Crippen LogP contribution < -0.4 is 5.73 Å². The van der Waals surface area contributed by atoms with Crippen LogP contribution in [-0.4, -0.2) is 30.6 Å². The lowest BCUT2D eigenvalue weighted by Crippen LogP contribution is -2.16. The average Bonchev–Trinajstić information content (AvgIpc) is 2.95. The number of ether oxygens (including phenoxy) is 1. The molecule has 0 unspecified atom stereocenters. The first-order valence-electron chi connectivity index (χ1n) is 8.29. The highest BCUT2D eigenvalue weighted by molar-refractivity contribution is 7.17. The molecule has 1 aromatic carbocycles. The molecule has 2 rings (SSSR count). The van der Waals surface area contributed by atoms with E-state index < -0.39 is 19.0 Å². The number of nitrogen functional groups attached to an aromatic ring is 1. The van der Waals surface area contributed by atoms with E-state index in [1.54, 1.807) is 19.9 Å². The van der Waals surface area contributed by atoms with Gasteiger partial charge >= 0.3 is 5.97 Å². The molecule has 0 amide bonds. The van der Waals surface area contributed by atoms with Crippen LogP contribution in [0.2, 0.25) is 19.6 Å². The van der Waals surface area contributed by atoms with Crippen molar-refractivity contribution in [1.82, 2.24) is 4.98 Å². The van der Waals surface area contributed by atoms with Crippen molar-refractivity contribution in [3.05, 3.63) is 38.4 Å². The number of esters is 1.